The van der Waals surface area contributed by atoms with Gasteiger partial charge in [0.15, 0.2) is 0 Å². The van der Waals surface area contributed by atoms with E-state index in [2.05, 4.69) is 9.47 Å². The van der Waals surface area contributed by atoms with Crippen molar-refractivity contribution in [1.29, 1.82) is 0 Å². The maximum Gasteiger partial charge on any atom is 0.329 e. The summed E-state index contributed by atoms with van der Waals surface area (Å²) in [6.07, 6.45) is 3.49. The van der Waals surface area contributed by atoms with Crippen LogP contribution in [0.1, 0.15) is 13.3 Å². The Kier molecular flexibility index (Phi) is 4.25. The quantitative estimate of drug-likeness (QED) is 0.640. The topological polar surface area (TPSA) is 72.9 Å². The van der Waals surface area contributed by atoms with Gasteiger partial charge in [0.25, 0.3) is 0 Å². The number of carbonyl (C=O) groups is 3. The molecule has 0 fully saturated rings. The number of nitrogens with zero attached hydrogens (tertiary/aromatic N) is 1. The first kappa shape index (κ1) is 13.2. The Hall–Kier alpha value is -1.85. The first-order valence-electron chi connectivity index (χ1n) is 5.14. The van der Waals surface area contributed by atoms with E-state index in [-0.39, 0.29) is 5.91 Å². The van der Waals surface area contributed by atoms with Crippen molar-refractivity contribution in [3.8, 4) is 0 Å². The molecule has 0 aliphatic carbocycles. The number of esters is 2. The molecule has 0 unspecified atom stereocenters. The van der Waals surface area contributed by atoms with Crippen molar-refractivity contribution in [3.05, 3.63) is 12.3 Å². The molecule has 0 spiro atoms. The number of allylic oxidation sites excluding steroid dienone is 1. The van der Waals surface area contributed by atoms with Crippen molar-refractivity contribution in [2.75, 3.05) is 14.2 Å². The summed E-state index contributed by atoms with van der Waals surface area (Å²) in [5.74, 6) is -2.21. The van der Waals surface area contributed by atoms with Crippen LogP contribution in [0, 0.1) is 5.92 Å². The zero-order chi connectivity index (χ0) is 13.0. The van der Waals surface area contributed by atoms with Crippen LogP contribution in [0.25, 0.3) is 0 Å². The predicted octanol–water partition coefficient (Wildman–Crippen LogP) is 0.0831. The first-order valence-corrected chi connectivity index (χ1v) is 5.14. The highest BCUT2D eigenvalue weighted by atomic mass is 16.5. The van der Waals surface area contributed by atoms with Crippen molar-refractivity contribution < 1.29 is 23.9 Å². The molecule has 0 saturated heterocycles. The van der Waals surface area contributed by atoms with E-state index in [1.54, 1.807) is 6.08 Å². The Morgan fingerprint density at radius 1 is 1.18 bits per heavy atom. The largest absolute Gasteiger partial charge is 0.469 e. The minimum atomic E-state index is -0.949. The molecule has 0 aromatic rings. The van der Waals surface area contributed by atoms with E-state index in [0.29, 0.717) is 6.42 Å². The highest BCUT2D eigenvalue weighted by Gasteiger charge is 2.41. The van der Waals surface area contributed by atoms with Gasteiger partial charge in [0.05, 0.1) is 20.1 Å². The minimum Gasteiger partial charge on any atom is -0.469 e. The van der Waals surface area contributed by atoms with E-state index in [1.165, 1.54) is 32.2 Å². The Labute approximate surface area is 99.2 Å². The second kappa shape index (κ2) is 5.47. The Balaban J connectivity index is 3.06. The SMILES string of the molecule is COC(=O)[C@@H]1CC=CN(C(C)=O)[C@H]1C(=O)OC. The van der Waals surface area contributed by atoms with Crippen molar-refractivity contribution >= 4 is 17.8 Å². The van der Waals surface area contributed by atoms with Crippen LogP contribution >= 0.6 is 0 Å². The zero-order valence-electron chi connectivity index (χ0n) is 10.0. The third-order valence-electron chi connectivity index (χ3n) is 2.65. The van der Waals surface area contributed by atoms with E-state index < -0.39 is 23.9 Å². The molecular formula is C11H15NO5. The predicted molar refractivity (Wildman–Crippen MR) is 57.6 cm³/mol. The Morgan fingerprint density at radius 2 is 1.76 bits per heavy atom. The summed E-state index contributed by atoms with van der Waals surface area (Å²) >= 11 is 0. The average Bonchev–Trinajstić information content (AvgIpc) is 2.35. The third kappa shape index (κ3) is 2.64. The zero-order valence-corrected chi connectivity index (χ0v) is 10.0. The maximum atomic E-state index is 11.7. The molecule has 0 aromatic heterocycles. The lowest BCUT2D eigenvalue weighted by Gasteiger charge is -2.33. The highest BCUT2D eigenvalue weighted by molar-refractivity contribution is 5.89. The molecule has 2 atom stereocenters. The number of hydrogen-bond acceptors (Lipinski definition) is 5. The summed E-state index contributed by atoms with van der Waals surface area (Å²) in [6, 6.07) is -0.949. The maximum absolute atomic E-state index is 11.7. The smallest absolute Gasteiger partial charge is 0.329 e. The van der Waals surface area contributed by atoms with Crippen molar-refractivity contribution in [3.63, 3.8) is 0 Å². The number of ether oxygens (including phenoxy) is 2. The summed E-state index contributed by atoms with van der Waals surface area (Å²) in [7, 11) is 2.46. The van der Waals surface area contributed by atoms with E-state index in [1.807, 2.05) is 0 Å². The lowest BCUT2D eigenvalue weighted by Crippen LogP contribution is -2.50. The fourth-order valence-corrected chi connectivity index (χ4v) is 1.81. The van der Waals surface area contributed by atoms with Crippen LogP contribution in [0.4, 0.5) is 0 Å². The van der Waals surface area contributed by atoms with Gasteiger partial charge in [0.2, 0.25) is 5.91 Å². The van der Waals surface area contributed by atoms with E-state index in [9.17, 15) is 14.4 Å². The summed E-state index contributed by atoms with van der Waals surface area (Å²) in [5.41, 5.74) is 0. The fraction of sp³-hybridized carbons (Fsp3) is 0.545. The molecule has 0 radical (unpaired) electrons. The Bertz CT molecular complexity index is 363. The number of methoxy groups -OCH3 is 2. The monoisotopic (exact) mass is 241 g/mol. The van der Waals surface area contributed by atoms with Crippen LogP contribution in [0.15, 0.2) is 12.3 Å². The number of carbonyl (C=O) groups excluding carboxylic acids is 3. The molecule has 0 bridgehead atoms. The van der Waals surface area contributed by atoms with Crippen LogP contribution in [0.3, 0.4) is 0 Å². The molecule has 6 heteroatoms. The average molecular weight is 241 g/mol. The van der Waals surface area contributed by atoms with Gasteiger partial charge in [-0.1, -0.05) is 6.08 Å². The van der Waals surface area contributed by atoms with Crippen LogP contribution in [-0.2, 0) is 23.9 Å². The van der Waals surface area contributed by atoms with Gasteiger partial charge in [-0.15, -0.1) is 0 Å². The van der Waals surface area contributed by atoms with E-state index in [0.717, 1.165) is 0 Å². The molecule has 1 aliphatic heterocycles. The molecule has 0 saturated carbocycles. The second-order valence-electron chi connectivity index (χ2n) is 3.64. The van der Waals surface area contributed by atoms with Gasteiger partial charge in [0, 0.05) is 13.1 Å². The Morgan fingerprint density at radius 3 is 2.24 bits per heavy atom. The standard InChI is InChI=1S/C11H15NO5/c1-7(13)12-6-4-5-8(10(14)16-2)9(12)11(15)17-3/h4,6,8-9H,5H2,1-3H3/t8-,9-/m1/s1. The van der Waals surface area contributed by atoms with Crippen molar-refractivity contribution in [2.24, 2.45) is 5.92 Å². The van der Waals surface area contributed by atoms with E-state index in [4.69, 9.17) is 0 Å². The molecule has 1 rings (SSSR count). The summed E-state index contributed by atoms with van der Waals surface area (Å²) in [4.78, 5) is 35.8. The van der Waals surface area contributed by atoms with Gasteiger partial charge < -0.3 is 14.4 Å². The highest BCUT2D eigenvalue weighted by Crippen LogP contribution is 2.24. The number of amides is 1. The lowest BCUT2D eigenvalue weighted by atomic mass is 9.92. The van der Waals surface area contributed by atoms with Crippen molar-refractivity contribution in [1.82, 2.24) is 4.90 Å². The van der Waals surface area contributed by atoms with Crippen LogP contribution in [-0.4, -0.2) is 43.0 Å². The summed E-state index contributed by atoms with van der Waals surface area (Å²) in [6.45, 7) is 1.32. The lowest BCUT2D eigenvalue weighted by molar-refractivity contribution is -0.161. The molecule has 6 nitrogen and oxygen atoms in total. The summed E-state index contributed by atoms with van der Waals surface area (Å²) in [5, 5.41) is 0. The molecule has 1 amide bonds. The fourth-order valence-electron chi connectivity index (χ4n) is 1.81. The molecule has 1 heterocycles. The number of hydrogen-bond donors (Lipinski definition) is 0. The van der Waals surface area contributed by atoms with Crippen LogP contribution in [0.2, 0.25) is 0 Å². The van der Waals surface area contributed by atoms with Crippen molar-refractivity contribution in [2.45, 2.75) is 19.4 Å². The molecule has 17 heavy (non-hydrogen) atoms. The van der Waals surface area contributed by atoms with Gasteiger partial charge in [-0.3, -0.25) is 9.59 Å². The van der Waals surface area contributed by atoms with Crippen LogP contribution in [0.5, 0.6) is 0 Å². The molecular weight excluding hydrogens is 226 g/mol. The summed E-state index contributed by atoms with van der Waals surface area (Å²) < 4.78 is 9.24. The normalized spacial score (nSPS) is 23.1. The molecule has 94 valence electrons. The third-order valence-corrected chi connectivity index (χ3v) is 2.65. The van der Waals surface area contributed by atoms with E-state index >= 15 is 0 Å². The molecule has 0 aromatic carbocycles. The van der Waals surface area contributed by atoms with Gasteiger partial charge in [-0.05, 0) is 6.42 Å². The molecule has 1 aliphatic rings. The number of rotatable bonds is 2. The van der Waals surface area contributed by atoms with Crippen LogP contribution < -0.4 is 0 Å². The van der Waals surface area contributed by atoms with Gasteiger partial charge in [0.1, 0.15) is 6.04 Å². The van der Waals surface area contributed by atoms with Gasteiger partial charge >= 0.3 is 11.9 Å². The van der Waals surface area contributed by atoms with Gasteiger partial charge in [-0.25, -0.2) is 4.79 Å². The first-order chi connectivity index (χ1) is 8.02. The second-order valence-corrected chi connectivity index (χ2v) is 3.64. The van der Waals surface area contributed by atoms with Gasteiger partial charge in [-0.2, -0.15) is 0 Å². The molecule has 0 N–H and O–H groups in total. The minimum absolute atomic E-state index is 0.328.